The van der Waals surface area contributed by atoms with Gasteiger partial charge in [0.25, 0.3) is 5.91 Å². The Morgan fingerprint density at radius 1 is 0.930 bits per heavy atom. The van der Waals surface area contributed by atoms with Crippen molar-refractivity contribution >= 4 is 46.6 Å². The lowest BCUT2D eigenvalue weighted by atomic mass is 10.0. The maximum Gasteiger partial charge on any atom is 0.323 e. The van der Waals surface area contributed by atoms with Gasteiger partial charge < -0.3 is 30.3 Å². The van der Waals surface area contributed by atoms with Crippen LogP contribution in [0.1, 0.15) is 46.8 Å². The molecule has 12 heteroatoms. The van der Waals surface area contributed by atoms with E-state index in [0.717, 1.165) is 5.56 Å². The topological polar surface area (TPSA) is 163 Å². The first-order chi connectivity index (χ1) is 20.5. The molecular weight excluding hydrogens is 554 g/mol. The number of urea groups is 1. The van der Waals surface area contributed by atoms with E-state index in [1.807, 2.05) is 25.1 Å². The molecule has 12 nitrogen and oxygen atoms in total. The van der Waals surface area contributed by atoms with Crippen LogP contribution in [0.15, 0.2) is 77.3 Å². The number of rotatable bonds is 10. The molecule has 3 aromatic carbocycles. The number of hydrogen-bond acceptors (Lipinski definition) is 7. The fourth-order valence-electron chi connectivity index (χ4n) is 4.41. The molecule has 0 bridgehead atoms. The molecule has 0 radical (unpaired) electrons. The van der Waals surface area contributed by atoms with Gasteiger partial charge in [-0.25, -0.2) is 4.79 Å². The van der Waals surface area contributed by atoms with Crippen LogP contribution in [0, 0.1) is 13.8 Å². The molecule has 43 heavy (non-hydrogen) atoms. The zero-order valence-corrected chi connectivity index (χ0v) is 24.0. The SMILES string of the molecule is COc1cc(N(C(C)=O)c2ccc(C(CC(=O)O)NC(=O)c3cc(C)on3)cc2)ccc1NC(=O)Nc1ccccc1C. The molecule has 1 unspecified atom stereocenters. The summed E-state index contributed by atoms with van der Waals surface area (Å²) in [6, 6.07) is 19.0. The molecular formula is C31H31N5O7. The number of nitrogens with one attached hydrogen (secondary N) is 3. The molecule has 4 amide bonds. The lowest BCUT2D eigenvalue weighted by molar-refractivity contribution is -0.137. The van der Waals surface area contributed by atoms with Crippen LogP contribution in [0.3, 0.4) is 0 Å². The number of benzene rings is 3. The molecule has 0 aliphatic carbocycles. The fraction of sp³-hybridized carbons (Fsp3) is 0.194. The lowest BCUT2D eigenvalue weighted by Gasteiger charge is -2.24. The standard InChI is InChI=1S/C31H31N5O7/c1-18-7-5-6-8-24(18)33-31(41)34-25-14-13-23(16-28(25)42-4)36(20(3)37)22-11-9-21(10-12-22)26(17-29(38)39)32-30(40)27-15-19(2)43-35-27/h5-16,26H,17H2,1-4H3,(H,32,40)(H,38,39)(H2,33,34,41). The first kappa shape index (κ1) is 30.3. The molecule has 1 aromatic heterocycles. The third-order valence-corrected chi connectivity index (χ3v) is 6.50. The van der Waals surface area contributed by atoms with E-state index in [0.29, 0.717) is 39.8 Å². The Balaban J connectivity index is 1.54. The van der Waals surface area contributed by atoms with E-state index < -0.39 is 23.9 Å². The zero-order valence-electron chi connectivity index (χ0n) is 24.0. The number of carbonyl (C=O) groups excluding carboxylic acids is 3. The van der Waals surface area contributed by atoms with Crippen molar-refractivity contribution in [1.82, 2.24) is 10.5 Å². The number of hydrogen-bond donors (Lipinski definition) is 4. The summed E-state index contributed by atoms with van der Waals surface area (Å²) in [7, 11) is 1.45. The van der Waals surface area contributed by atoms with Gasteiger partial charge in [-0.15, -0.1) is 0 Å². The van der Waals surface area contributed by atoms with Crippen LogP contribution in [-0.2, 0) is 9.59 Å². The number of carboxylic acids is 1. The van der Waals surface area contributed by atoms with Crippen LogP contribution in [0.5, 0.6) is 5.75 Å². The summed E-state index contributed by atoms with van der Waals surface area (Å²) in [5.41, 5.74) is 3.48. The maximum atomic E-state index is 12.8. The number of anilines is 4. The number of amides is 4. The Bertz CT molecular complexity index is 1650. The number of aryl methyl sites for hydroxylation is 2. The summed E-state index contributed by atoms with van der Waals surface area (Å²) in [4.78, 5) is 51.0. The zero-order chi connectivity index (χ0) is 31.1. The van der Waals surface area contributed by atoms with Crippen LogP contribution in [0.4, 0.5) is 27.5 Å². The Labute approximate surface area is 247 Å². The first-order valence-corrected chi connectivity index (χ1v) is 13.2. The molecule has 0 spiro atoms. The van der Waals surface area contributed by atoms with Gasteiger partial charge in [0.15, 0.2) is 5.69 Å². The van der Waals surface area contributed by atoms with Gasteiger partial charge >= 0.3 is 12.0 Å². The normalized spacial score (nSPS) is 11.3. The summed E-state index contributed by atoms with van der Waals surface area (Å²) >= 11 is 0. The van der Waals surface area contributed by atoms with Gasteiger partial charge in [0.2, 0.25) is 5.91 Å². The van der Waals surface area contributed by atoms with Gasteiger partial charge in [-0.1, -0.05) is 35.5 Å². The van der Waals surface area contributed by atoms with Crippen molar-refractivity contribution < 1.29 is 33.5 Å². The van der Waals surface area contributed by atoms with Crippen LogP contribution in [0.25, 0.3) is 0 Å². The molecule has 0 fully saturated rings. The second-order valence-corrected chi connectivity index (χ2v) is 9.67. The molecule has 4 N–H and O–H groups in total. The average Bonchev–Trinajstić information content (AvgIpc) is 3.41. The molecule has 4 rings (SSSR count). The molecule has 222 valence electrons. The Hall–Kier alpha value is -5.65. The van der Waals surface area contributed by atoms with Crippen molar-refractivity contribution in [3.8, 4) is 5.75 Å². The van der Waals surface area contributed by atoms with Crippen molar-refractivity contribution in [3.63, 3.8) is 0 Å². The third-order valence-electron chi connectivity index (χ3n) is 6.50. The maximum absolute atomic E-state index is 12.8. The van der Waals surface area contributed by atoms with E-state index in [-0.39, 0.29) is 18.0 Å². The van der Waals surface area contributed by atoms with Gasteiger partial charge in [0, 0.05) is 30.4 Å². The smallest absolute Gasteiger partial charge is 0.323 e. The number of nitrogens with zero attached hydrogens (tertiary/aromatic N) is 2. The molecule has 1 heterocycles. The second-order valence-electron chi connectivity index (χ2n) is 9.67. The number of aliphatic carboxylic acids is 1. The highest BCUT2D eigenvalue weighted by atomic mass is 16.5. The minimum Gasteiger partial charge on any atom is -0.494 e. The average molecular weight is 586 g/mol. The van der Waals surface area contributed by atoms with Crippen molar-refractivity contribution in [3.05, 3.63) is 95.4 Å². The monoisotopic (exact) mass is 585 g/mol. The van der Waals surface area contributed by atoms with E-state index in [2.05, 4.69) is 21.1 Å². The third kappa shape index (κ3) is 7.55. The number of methoxy groups -OCH3 is 1. The number of para-hydroxylation sites is 1. The predicted octanol–water partition coefficient (Wildman–Crippen LogP) is 5.57. The summed E-state index contributed by atoms with van der Waals surface area (Å²) in [5.74, 6) is -1.22. The highest BCUT2D eigenvalue weighted by Gasteiger charge is 2.22. The minimum atomic E-state index is -1.11. The molecule has 0 aliphatic rings. The molecule has 1 atom stereocenters. The van der Waals surface area contributed by atoms with Gasteiger partial charge in [0.05, 0.1) is 30.9 Å². The second kappa shape index (κ2) is 13.3. The number of ether oxygens (including phenoxy) is 1. The highest BCUT2D eigenvalue weighted by Crippen LogP contribution is 2.34. The van der Waals surface area contributed by atoms with Crippen molar-refractivity contribution in [2.45, 2.75) is 33.2 Å². The van der Waals surface area contributed by atoms with Crippen LogP contribution >= 0.6 is 0 Å². The Morgan fingerprint density at radius 2 is 1.60 bits per heavy atom. The number of carboxylic acid groups (broad SMARTS) is 1. The highest BCUT2D eigenvalue weighted by molar-refractivity contribution is 6.03. The quantitative estimate of drug-likeness (QED) is 0.188. The number of carbonyl (C=O) groups is 4. The number of aromatic nitrogens is 1. The van der Waals surface area contributed by atoms with E-state index in [1.165, 1.54) is 25.0 Å². The lowest BCUT2D eigenvalue weighted by Crippen LogP contribution is -2.30. The van der Waals surface area contributed by atoms with E-state index in [4.69, 9.17) is 9.26 Å². The largest absolute Gasteiger partial charge is 0.494 e. The molecule has 0 saturated heterocycles. The van der Waals surface area contributed by atoms with Gasteiger partial charge in [0.1, 0.15) is 11.5 Å². The Morgan fingerprint density at radius 3 is 2.21 bits per heavy atom. The predicted molar refractivity (Wildman–Crippen MR) is 160 cm³/mol. The minimum absolute atomic E-state index is 0.0341. The van der Waals surface area contributed by atoms with Gasteiger partial charge in [-0.3, -0.25) is 19.3 Å². The van der Waals surface area contributed by atoms with Crippen molar-refractivity contribution in [1.29, 1.82) is 0 Å². The summed E-state index contributed by atoms with van der Waals surface area (Å²) < 4.78 is 10.4. The van der Waals surface area contributed by atoms with Crippen LogP contribution in [-0.4, -0.2) is 41.2 Å². The first-order valence-electron chi connectivity index (χ1n) is 13.2. The van der Waals surface area contributed by atoms with Crippen LogP contribution in [0.2, 0.25) is 0 Å². The summed E-state index contributed by atoms with van der Waals surface area (Å²) in [6.45, 7) is 4.92. The molecule has 0 saturated carbocycles. The summed E-state index contributed by atoms with van der Waals surface area (Å²) in [5, 5.41) is 21.3. The van der Waals surface area contributed by atoms with Crippen molar-refractivity contribution in [2.24, 2.45) is 0 Å². The van der Waals surface area contributed by atoms with E-state index in [1.54, 1.807) is 55.5 Å². The molecule has 0 aliphatic heterocycles. The van der Waals surface area contributed by atoms with Crippen molar-refractivity contribution in [2.75, 3.05) is 22.6 Å². The van der Waals surface area contributed by atoms with Gasteiger partial charge in [-0.2, -0.15) is 0 Å². The van der Waals surface area contributed by atoms with Gasteiger partial charge in [-0.05, 0) is 55.3 Å². The van der Waals surface area contributed by atoms with E-state index in [9.17, 15) is 24.3 Å². The molecule has 4 aromatic rings. The Kier molecular flexibility index (Phi) is 9.40. The van der Waals surface area contributed by atoms with E-state index >= 15 is 0 Å². The van der Waals surface area contributed by atoms with Crippen LogP contribution < -0.4 is 25.6 Å². The summed E-state index contributed by atoms with van der Waals surface area (Å²) in [6.07, 6.45) is -0.374. The fourth-order valence-corrected chi connectivity index (χ4v) is 4.41.